The minimum atomic E-state index is -0.211. The number of Topliss-reactive ketones (excluding diaryl/α,β-unsaturated/α-hetero) is 1. The van der Waals surface area contributed by atoms with Crippen LogP contribution in [0.5, 0.6) is 0 Å². The molecule has 0 aliphatic carbocycles. The lowest BCUT2D eigenvalue weighted by molar-refractivity contribution is 0.0301. The van der Waals surface area contributed by atoms with E-state index in [4.69, 9.17) is 27.9 Å². The molecule has 2 rings (SSSR count). The molecule has 0 bridgehead atoms. The molecule has 1 unspecified atom stereocenters. The molecule has 0 spiro atoms. The maximum absolute atomic E-state index is 12.6. The summed E-state index contributed by atoms with van der Waals surface area (Å²) in [6, 6.07) is 5.17. The number of likely N-dealkylation sites (N-methyl/N-ethyl adjacent to an activating group) is 1. The van der Waals surface area contributed by atoms with Gasteiger partial charge in [-0.25, -0.2) is 0 Å². The first-order valence-corrected chi connectivity index (χ1v) is 7.55. The Morgan fingerprint density at radius 1 is 1.35 bits per heavy atom. The Labute approximate surface area is 129 Å². The molecule has 1 aromatic rings. The van der Waals surface area contributed by atoms with Crippen LogP contribution in [0.1, 0.15) is 30.1 Å². The van der Waals surface area contributed by atoms with E-state index in [2.05, 4.69) is 4.90 Å². The van der Waals surface area contributed by atoms with E-state index in [1.165, 1.54) is 0 Å². The van der Waals surface area contributed by atoms with Crippen LogP contribution in [0.2, 0.25) is 10.0 Å². The summed E-state index contributed by atoms with van der Waals surface area (Å²) in [4.78, 5) is 14.7. The van der Waals surface area contributed by atoms with Crippen LogP contribution in [-0.2, 0) is 4.74 Å². The van der Waals surface area contributed by atoms with Gasteiger partial charge in [0, 0.05) is 29.8 Å². The van der Waals surface area contributed by atoms with Crippen LogP contribution < -0.4 is 0 Å². The number of hydrogen-bond acceptors (Lipinski definition) is 3. The third-order valence-electron chi connectivity index (χ3n) is 3.95. The molecule has 0 radical (unpaired) electrons. The van der Waals surface area contributed by atoms with E-state index in [-0.39, 0.29) is 11.8 Å². The van der Waals surface area contributed by atoms with Gasteiger partial charge < -0.3 is 4.74 Å². The molecule has 1 aliphatic heterocycles. The minimum Gasteiger partial charge on any atom is -0.381 e. The largest absolute Gasteiger partial charge is 0.381 e. The molecule has 20 heavy (non-hydrogen) atoms. The second kappa shape index (κ2) is 6.90. The highest BCUT2D eigenvalue weighted by molar-refractivity contribution is 6.37. The minimum absolute atomic E-state index is 0.0284. The molecule has 0 amide bonds. The molecule has 1 atom stereocenters. The maximum atomic E-state index is 12.6. The summed E-state index contributed by atoms with van der Waals surface area (Å²) in [5.74, 6) is 0.0284. The number of halogens is 2. The van der Waals surface area contributed by atoms with Crippen molar-refractivity contribution < 1.29 is 9.53 Å². The van der Waals surface area contributed by atoms with E-state index in [1.54, 1.807) is 18.2 Å². The standard InChI is InChI=1S/C15H19Cl2NO2/c1-10(18(2)12-5-7-20-8-6-12)15(19)13-4-3-11(16)9-14(13)17/h3-4,9-10,12H,5-8H2,1-2H3. The number of carbonyl (C=O) groups is 1. The van der Waals surface area contributed by atoms with Crippen LogP contribution >= 0.6 is 23.2 Å². The highest BCUT2D eigenvalue weighted by Gasteiger charge is 2.27. The monoisotopic (exact) mass is 315 g/mol. The van der Waals surface area contributed by atoms with Crippen molar-refractivity contribution in [3.05, 3.63) is 33.8 Å². The van der Waals surface area contributed by atoms with Crippen molar-refractivity contribution >= 4 is 29.0 Å². The van der Waals surface area contributed by atoms with E-state index >= 15 is 0 Å². The summed E-state index contributed by atoms with van der Waals surface area (Å²) >= 11 is 12.0. The molecule has 110 valence electrons. The summed E-state index contributed by atoms with van der Waals surface area (Å²) in [6.45, 7) is 3.44. The van der Waals surface area contributed by atoms with Crippen LogP contribution in [-0.4, -0.2) is 43.0 Å². The number of hydrogen-bond donors (Lipinski definition) is 0. The molecule has 0 saturated carbocycles. The third-order valence-corrected chi connectivity index (χ3v) is 4.50. The second-order valence-corrected chi connectivity index (χ2v) is 6.02. The van der Waals surface area contributed by atoms with Crippen molar-refractivity contribution in [2.45, 2.75) is 31.8 Å². The first-order valence-electron chi connectivity index (χ1n) is 6.79. The van der Waals surface area contributed by atoms with Gasteiger partial charge in [0.25, 0.3) is 0 Å². The highest BCUT2D eigenvalue weighted by Crippen LogP contribution is 2.24. The Hall–Kier alpha value is -0.610. The predicted octanol–water partition coefficient (Wildman–Crippen LogP) is 3.68. The fourth-order valence-electron chi connectivity index (χ4n) is 2.51. The first-order chi connectivity index (χ1) is 9.50. The zero-order valence-electron chi connectivity index (χ0n) is 11.7. The summed E-state index contributed by atoms with van der Waals surface area (Å²) < 4.78 is 5.36. The number of benzene rings is 1. The van der Waals surface area contributed by atoms with Gasteiger partial charge in [0.2, 0.25) is 0 Å². The van der Waals surface area contributed by atoms with E-state index in [1.807, 2.05) is 14.0 Å². The van der Waals surface area contributed by atoms with Gasteiger partial charge >= 0.3 is 0 Å². The molecule has 1 heterocycles. The number of nitrogens with zero attached hydrogens (tertiary/aromatic N) is 1. The number of rotatable bonds is 4. The average Bonchev–Trinajstić information content (AvgIpc) is 2.46. The van der Waals surface area contributed by atoms with Gasteiger partial charge in [-0.1, -0.05) is 23.2 Å². The number of carbonyl (C=O) groups excluding carboxylic acids is 1. The van der Waals surface area contributed by atoms with Gasteiger partial charge in [-0.05, 0) is 45.0 Å². The van der Waals surface area contributed by atoms with Gasteiger partial charge in [-0.3, -0.25) is 9.69 Å². The van der Waals surface area contributed by atoms with Gasteiger partial charge in [0.1, 0.15) is 0 Å². The molecular weight excluding hydrogens is 297 g/mol. The lowest BCUT2D eigenvalue weighted by Gasteiger charge is -2.34. The van der Waals surface area contributed by atoms with E-state index in [0.29, 0.717) is 21.7 Å². The Morgan fingerprint density at radius 3 is 2.60 bits per heavy atom. The van der Waals surface area contributed by atoms with Crippen molar-refractivity contribution in [2.75, 3.05) is 20.3 Å². The van der Waals surface area contributed by atoms with E-state index < -0.39 is 0 Å². The number of ether oxygens (including phenoxy) is 1. The maximum Gasteiger partial charge on any atom is 0.181 e. The Bertz CT molecular complexity index is 487. The van der Waals surface area contributed by atoms with Gasteiger partial charge in [-0.2, -0.15) is 0 Å². The molecule has 5 heteroatoms. The lowest BCUT2D eigenvalue weighted by atomic mass is 10.0. The topological polar surface area (TPSA) is 29.5 Å². The zero-order valence-corrected chi connectivity index (χ0v) is 13.2. The van der Waals surface area contributed by atoms with Crippen LogP contribution in [0.25, 0.3) is 0 Å². The summed E-state index contributed by atoms with van der Waals surface area (Å²) in [5.41, 5.74) is 0.530. The number of ketones is 1. The Morgan fingerprint density at radius 2 is 2.00 bits per heavy atom. The highest BCUT2D eigenvalue weighted by atomic mass is 35.5. The average molecular weight is 316 g/mol. The SMILES string of the molecule is CC(C(=O)c1ccc(Cl)cc1Cl)N(C)C1CCOCC1. The first kappa shape index (κ1) is 15.8. The quantitative estimate of drug-likeness (QED) is 0.794. The van der Waals surface area contributed by atoms with Crippen molar-refractivity contribution in [1.29, 1.82) is 0 Å². The fraction of sp³-hybridized carbons (Fsp3) is 0.533. The van der Waals surface area contributed by atoms with Gasteiger partial charge in [0.05, 0.1) is 11.1 Å². The van der Waals surface area contributed by atoms with Crippen molar-refractivity contribution in [1.82, 2.24) is 4.90 Å². The molecule has 1 aliphatic rings. The van der Waals surface area contributed by atoms with Crippen LogP contribution in [0.4, 0.5) is 0 Å². The molecule has 3 nitrogen and oxygen atoms in total. The summed E-state index contributed by atoms with van der Waals surface area (Å²) in [7, 11) is 1.99. The molecule has 0 aromatic heterocycles. The van der Waals surface area contributed by atoms with Gasteiger partial charge in [-0.15, -0.1) is 0 Å². The van der Waals surface area contributed by atoms with Crippen molar-refractivity contribution in [2.24, 2.45) is 0 Å². The third kappa shape index (κ3) is 3.53. The van der Waals surface area contributed by atoms with Crippen molar-refractivity contribution in [3.8, 4) is 0 Å². The van der Waals surface area contributed by atoms with E-state index in [9.17, 15) is 4.79 Å². The molecule has 1 aromatic carbocycles. The molecular formula is C15H19Cl2NO2. The Balaban J connectivity index is 2.10. The molecule has 0 N–H and O–H groups in total. The van der Waals surface area contributed by atoms with Gasteiger partial charge in [0.15, 0.2) is 5.78 Å². The predicted molar refractivity (Wildman–Crippen MR) is 81.9 cm³/mol. The van der Waals surface area contributed by atoms with Crippen LogP contribution in [0, 0.1) is 0 Å². The molecule has 1 fully saturated rings. The fourth-order valence-corrected chi connectivity index (χ4v) is 3.01. The molecule has 1 saturated heterocycles. The second-order valence-electron chi connectivity index (χ2n) is 5.17. The lowest BCUT2D eigenvalue weighted by Crippen LogP contribution is -2.45. The van der Waals surface area contributed by atoms with E-state index in [0.717, 1.165) is 26.1 Å². The smallest absolute Gasteiger partial charge is 0.181 e. The van der Waals surface area contributed by atoms with Crippen LogP contribution in [0.15, 0.2) is 18.2 Å². The van der Waals surface area contributed by atoms with Crippen molar-refractivity contribution in [3.63, 3.8) is 0 Å². The van der Waals surface area contributed by atoms with Crippen LogP contribution in [0.3, 0.4) is 0 Å². The Kier molecular flexibility index (Phi) is 5.44. The summed E-state index contributed by atoms with van der Waals surface area (Å²) in [5, 5.41) is 0.951. The normalized spacial score (nSPS) is 18.2. The summed E-state index contributed by atoms with van der Waals surface area (Å²) in [6.07, 6.45) is 1.92. The zero-order chi connectivity index (χ0) is 14.7.